The lowest BCUT2D eigenvalue weighted by atomic mass is 9.97. The van der Waals surface area contributed by atoms with E-state index in [9.17, 15) is 27.9 Å². The molecule has 196 valence electrons. The van der Waals surface area contributed by atoms with E-state index in [2.05, 4.69) is 9.97 Å². The monoisotopic (exact) mass is 531 g/mol. The zero-order valence-corrected chi connectivity index (χ0v) is 20.4. The Morgan fingerprint density at radius 2 is 1.72 bits per heavy atom. The molecule has 5 rings (SSSR count). The van der Waals surface area contributed by atoms with Crippen LogP contribution in [0.4, 0.5) is 13.2 Å². The number of carbonyl (C=O) groups excluding carboxylic acids is 1. The third-order valence-corrected chi connectivity index (χ3v) is 6.24. The van der Waals surface area contributed by atoms with E-state index in [1.807, 2.05) is 0 Å². The average Bonchev–Trinajstić information content (AvgIpc) is 2.95. The number of aromatic hydroxyl groups is 1. The fourth-order valence-corrected chi connectivity index (χ4v) is 4.47. The second-order valence-corrected chi connectivity index (χ2v) is 8.63. The summed E-state index contributed by atoms with van der Waals surface area (Å²) in [6.45, 7) is -0.0514. The van der Waals surface area contributed by atoms with Crippen molar-refractivity contribution in [2.24, 2.45) is 0 Å². The van der Waals surface area contributed by atoms with E-state index in [4.69, 9.17) is 4.74 Å². The van der Waals surface area contributed by atoms with Gasteiger partial charge in [-0.1, -0.05) is 48.5 Å². The highest BCUT2D eigenvalue weighted by Crippen LogP contribution is 2.40. The summed E-state index contributed by atoms with van der Waals surface area (Å²) in [7, 11) is 1.11. The Morgan fingerprint density at radius 3 is 2.38 bits per heavy atom. The van der Waals surface area contributed by atoms with Crippen LogP contribution in [-0.4, -0.2) is 32.7 Å². The molecule has 3 aromatic heterocycles. The first-order chi connectivity index (χ1) is 18.7. The van der Waals surface area contributed by atoms with Crippen molar-refractivity contribution in [3.8, 4) is 28.1 Å². The second kappa shape index (κ2) is 10.1. The van der Waals surface area contributed by atoms with Gasteiger partial charge in [0.15, 0.2) is 11.4 Å². The van der Waals surface area contributed by atoms with Gasteiger partial charge in [-0.25, -0.2) is 9.78 Å². The normalized spacial score (nSPS) is 11.5. The molecule has 0 fully saturated rings. The lowest BCUT2D eigenvalue weighted by molar-refractivity contribution is -0.137. The van der Waals surface area contributed by atoms with E-state index in [0.717, 1.165) is 19.2 Å². The minimum Gasteiger partial charge on any atom is -0.505 e. The van der Waals surface area contributed by atoms with Crippen molar-refractivity contribution < 1.29 is 27.8 Å². The summed E-state index contributed by atoms with van der Waals surface area (Å²) in [6, 6.07) is 18.0. The summed E-state index contributed by atoms with van der Waals surface area (Å²) in [5.74, 6) is -1.59. The number of fused-ring (bicyclic) bond motifs is 1. The van der Waals surface area contributed by atoms with E-state index in [1.54, 1.807) is 42.5 Å². The Kier molecular flexibility index (Phi) is 6.61. The van der Waals surface area contributed by atoms with Crippen LogP contribution >= 0.6 is 0 Å². The molecule has 0 atom stereocenters. The average molecular weight is 531 g/mol. The summed E-state index contributed by atoms with van der Waals surface area (Å²) in [4.78, 5) is 35.0. The summed E-state index contributed by atoms with van der Waals surface area (Å²) in [5.41, 5.74) is -1.53. The van der Waals surface area contributed by atoms with Crippen molar-refractivity contribution in [1.82, 2.24) is 14.5 Å². The topological polar surface area (TPSA) is 94.3 Å². The van der Waals surface area contributed by atoms with Crippen molar-refractivity contribution in [2.45, 2.75) is 12.7 Å². The molecule has 39 heavy (non-hydrogen) atoms. The molecular formula is C29H20F3N3O4. The first kappa shape index (κ1) is 25.7. The maximum atomic E-state index is 14.0. The number of ether oxygens (including phenoxy) is 1. The van der Waals surface area contributed by atoms with Crippen LogP contribution in [0.25, 0.3) is 33.3 Å². The Bertz CT molecular complexity index is 1750. The van der Waals surface area contributed by atoms with Crippen molar-refractivity contribution in [3.63, 3.8) is 0 Å². The highest BCUT2D eigenvalue weighted by atomic mass is 19.4. The number of benzene rings is 2. The molecule has 0 aliphatic rings. The van der Waals surface area contributed by atoms with Crippen molar-refractivity contribution >= 4 is 16.9 Å². The predicted octanol–water partition coefficient (Wildman–Crippen LogP) is 5.68. The van der Waals surface area contributed by atoms with Crippen molar-refractivity contribution in [2.75, 3.05) is 7.11 Å². The first-order valence-corrected chi connectivity index (χ1v) is 11.7. The lowest BCUT2D eigenvalue weighted by Gasteiger charge is -2.19. The number of nitrogens with zero attached hydrogens (tertiary/aromatic N) is 3. The summed E-state index contributed by atoms with van der Waals surface area (Å²) < 4.78 is 48.0. The molecule has 0 saturated heterocycles. The minimum atomic E-state index is -4.75. The van der Waals surface area contributed by atoms with Crippen LogP contribution < -0.4 is 5.56 Å². The van der Waals surface area contributed by atoms with Gasteiger partial charge in [-0.15, -0.1) is 0 Å². The number of esters is 1. The van der Waals surface area contributed by atoms with Crippen LogP contribution in [0.1, 0.15) is 21.6 Å². The smallest absolute Gasteiger partial charge is 0.417 e. The van der Waals surface area contributed by atoms with Gasteiger partial charge in [-0.2, -0.15) is 13.2 Å². The van der Waals surface area contributed by atoms with Crippen LogP contribution in [0, 0.1) is 0 Å². The zero-order chi connectivity index (χ0) is 27.7. The second-order valence-electron chi connectivity index (χ2n) is 8.63. The fourth-order valence-electron chi connectivity index (χ4n) is 4.47. The number of hydrogen-bond acceptors (Lipinski definition) is 6. The molecule has 7 nitrogen and oxygen atoms in total. The van der Waals surface area contributed by atoms with Crippen LogP contribution in [0.2, 0.25) is 0 Å². The number of pyridine rings is 3. The number of methoxy groups -OCH3 is 1. The van der Waals surface area contributed by atoms with Crippen molar-refractivity contribution in [1.29, 1.82) is 0 Å². The van der Waals surface area contributed by atoms with E-state index in [0.29, 0.717) is 11.1 Å². The quantitative estimate of drug-likeness (QED) is 0.293. The van der Waals surface area contributed by atoms with E-state index in [-0.39, 0.29) is 34.3 Å². The molecule has 0 amide bonds. The van der Waals surface area contributed by atoms with Gasteiger partial charge in [0.1, 0.15) is 0 Å². The highest BCUT2D eigenvalue weighted by Gasteiger charge is 2.34. The van der Waals surface area contributed by atoms with E-state index >= 15 is 0 Å². The van der Waals surface area contributed by atoms with Crippen LogP contribution in [0.5, 0.6) is 5.75 Å². The molecule has 0 aliphatic carbocycles. The molecule has 2 aromatic carbocycles. The van der Waals surface area contributed by atoms with Gasteiger partial charge < -0.3 is 14.4 Å². The molecule has 0 bridgehead atoms. The van der Waals surface area contributed by atoms with E-state index in [1.165, 1.54) is 35.2 Å². The highest BCUT2D eigenvalue weighted by molar-refractivity contribution is 6.04. The number of hydrogen-bond donors (Lipinski definition) is 1. The SMILES string of the molecule is COC(=O)c1nc(-c2cccnc2)c2c(cc(-c3ccccc3C(F)(F)F)c(=O)n2Cc2ccccc2)c1O. The molecule has 0 saturated carbocycles. The van der Waals surface area contributed by atoms with Gasteiger partial charge in [-0.05, 0) is 35.4 Å². The van der Waals surface area contributed by atoms with Gasteiger partial charge in [0.25, 0.3) is 5.56 Å². The fraction of sp³-hybridized carbons (Fsp3) is 0.103. The zero-order valence-electron chi connectivity index (χ0n) is 20.4. The largest absolute Gasteiger partial charge is 0.505 e. The molecule has 0 aliphatic heterocycles. The molecule has 0 unspecified atom stereocenters. The third-order valence-electron chi connectivity index (χ3n) is 6.24. The molecular weight excluding hydrogens is 511 g/mol. The van der Waals surface area contributed by atoms with Crippen LogP contribution in [0.15, 0.2) is 90.0 Å². The maximum absolute atomic E-state index is 14.0. The van der Waals surface area contributed by atoms with Gasteiger partial charge >= 0.3 is 12.1 Å². The Hall–Kier alpha value is -4.99. The Balaban J connectivity index is 1.96. The number of aromatic nitrogens is 3. The Morgan fingerprint density at radius 1 is 1.00 bits per heavy atom. The molecule has 3 heterocycles. The molecule has 0 radical (unpaired) electrons. The number of carbonyl (C=O) groups is 1. The van der Waals surface area contributed by atoms with Gasteiger partial charge in [0.05, 0.1) is 30.4 Å². The van der Waals surface area contributed by atoms with Gasteiger partial charge in [0, 0.05) is 28.9 Å². The van der Waals surface area contributed by atoms with Crippen LogP contribution in [-0.2, 0) is 17.5 Å². The maximum Gasteiger partial charge on any atom is 0.417 e. The summed E-state index contributed by atoms with van der Waals surface area (Å²) in [5, 5.41) is 11.1. The standard InChI is InChI=1S/C29H20F3N3O4/c1-39-28(38)24-26(36)21-14-20(19-11-5-6-12-22(19)29(30,31)32)27(37)35(16-17-8-3-2-4-9-17)25(21)23(34-24)18-10-7-13-33-15-18/h2-15,36H,16H2,1H3. The van der Waals surface area contributed by atoms with Gasteiger partial charge in [-0.3, -0.25) is 9.78 Å². The molecule has 0 spiro atoms. The van der Waals surface area contributed by atoms with Crippen LogP contribution in [0.3, 0.4) is 0 Å². The summed E-state index contributed by atoms with van der Waals surface area (Å²) >= 11 is 0. The first-order valence-electron chi connectivity index (χ1n) is 11.7. The minimum absolute atomic E-state index is 0.0493. The number of halogens is 3. The molecule has 1 N–H and O–H groups in total. The lowest BCUT2D eigenvalue weighted by Crippen LogP contribution is -2.25. The predicted molar refractivity (Wildman–Crippen MR) is 138 cm³/mol. The molecule has 5 aromatic rings. The third kappa shape index (κ3) is 4.72. The van der Waals surface area contributed by atoms with Crippen molar-refractivity contribution in [3.05, 3.63) is 112 Å². The molecule has 10 heteroatoms. The van der Waals surface area contributed by atoms with E-state index < -0.39 is 34.7 Å². The summed E-state index contributed by atoms with van der Waals surface area (Å²) in [6.07, 6.45) is -1.76. The van der Waals surface area contributed by atoms with Gasteiger partial charge in [0.2, 0.25) is 0 Å². The number of alkyl halides is 3. The number of rotatable bonds is 5. The Labute approximate surface area is 219 Å².